The van der Waals surface area contributed by atoms with Crippen LogP contribution in [-0.2, 0) is 4.79 Å². The Morgan fingerprint density at radius 3 is 1.80 bits per heavy atom. The van der Waals surface area contributed by atoms with Crippen LogP contribution in [0.25, 0.3) is 0 Å². The normalized spacial score (nSPS) is 38.3. The molecule has 0 atom stereocenters. The van der Waals surface area contributed by atoms with Crippen LogP contribution >= 0.6 is 0 Å². The molecule has 2 aliphatic rings. The van der Waals surface area contributed by atoms with Gasteiger partial charge in [-0.15, -0.1) is 0 Å². The summed E-state index contributed by atoms with van der Waals surface area (Å²) in [6.45, 7) is 12.8. The summed E-state index contributed by atoms with van der Waals surface area (Å²) in [6.07, 6.45) is 2.37. The minimum Gasteiger partial charge on any atom is -0.350 e. The Kier molecular flexibility index (Phi) is 1.76. The predicted octanol–water partition coefficient (Wildman–Crippen LogP) is 2.73. The molecule has 1 N–H and O–H groups in total. The van der Waals surface area contributed by atoms with E-state index < -0.39 is 0 Å². The lowest BCUT2D eigenvalue weighted by Gasteiger charge is -2.21. The van der Waals surface area contributed by atoms with Crippen LogP contribution < -0.4 is 5.32 Å². The van der Waals surface area contributed by atoms with E-state index in [1.807, 2.05) is 20.8 Å². The lowest BCUT2D eigenvalue weighted by Crippen LogP contribution is -2.39. The van der Waals surface area contributed by atoms with Crippen LogP contribution in [0.15, 0.2) is 0 Å². The van der Waals surface area contributed by atoms with Gasteiger partial charge in [0.1, 0.15) is 0 Å². The molecular weight excluding hydrogens is 186 g/mol. The Hall–Kier alpha value is -0.530. The summed E-state index contributed by atoms with van der Waals surface area (Å²) < 4.78 is 0. The monoisotopic (exact) mass is 209 g/mol. The Morgan fingerprint density at radius 1 is 1.07 bits per heavy atom. The molecule has 1 amide bonds. The van der Waals surface area contributed by atoms with Crippen LogP contribution in [0.2, 0.25) is 0 Å². The van der Waals surface area contributed by atoms with Crippen LogP contribution in [0, 0.1) is 16.2 Å². The van der Waals surface area contributed by atoms with Crippen LogP contribution in [0.5, 0.6) is 0 Å². The summed E-state index contributed by atoms with van der Waals surface area (Å²) in [4.78, 5) is 11.9. The van der Waals surface area contributed by atoms with Crippen LogP contribution in [0.3, 0.4) is 0 Å². The van der Waals surface area contributed by atoms with Crippen LogP contribution in [-0.4, -0.2) is 11.4 Å². The first kappa shape index (κ1) is 11.0. The van der Waals surface area contributed by atoms with Crippen molar-refractivity contribution in [3.63, 3.8) is 0 Å². The van der Waals surface area contributed by atoms with Crippen molar-refractivity contribution in [1.82, 2.24) is 5.32 Å². The molecule has 0 heterocycles. The second kappa shape index (κ2) is 2.41. The van der Waals surface area contributed by atoms with E-state index in [2.05, 4.69) is 26.1 Å². The van der Waals surface area contributed by atoms with Gasteiger partial charge in [0, 0.05) is 16.4 Å². The molecule has 0 unspecified atom stereocenters. The van der Waals surface area contributed by atoms with Crippen LogP contribution in [0.1, 0.15) is 54.4 Å². The fourth-order valence-electron chi connectivity index (χ4n) is 2.75. The molecule has 2 rings (SSSR count). The Morgan fingerprint density at radius 2 is 1.53 bits per heavy atom. The zero-order valence-electron chi connectivity index (χ0n) is 10.8. The number of rotatable bonds is 1. The molecule has 2 nitrogen and oxygen atoms in total. The highest BCUT2D eigenvalue weighted by Crippen LogP contribution is 2.85. The maximum absolute atomic E-state index is 11.9. The van der Waals surface area contributed by atoms with Gasteiger partial charge in [-0.3, -0.25) is 4.79 Å². The van der Waals surface area contributed by atoms with Gasteiger partial charge in [0.25, 0.3) is 0 Å². The van der Waals surface area contributed by atoms with Gasteiger partial charge in [0.15, 0.2) is 0 Å². The van der Waals surface area contributed by atoms with Gasteiger partial charge in [0.05, 0.1) is 0 Å². The number of nitrogens with one attached hydrogen (secondary N) is 1. The van der Waals surface area contributed by atoms with E-state index in [1.165, 1.54) is 12.8 Å². The van der Waals surface area contributed by atoms with Gasteiger partial charge in [-0.2, -0.15) is 0 Å². The van der Waals surface area contributed by atoms with Crippen molar-refractivity contribution in [2.75, 3.05) is 0 Å². The summed E-state index contributed by atoms with van der Waals surface area (Å²) in [6, 6.07) is 0. The minimum atomic E-state index is -0.260. The molecule has 0 radical (unpaired) electrons. The maximum atomic E-state index is 11.9. The van der Waals surface area contributed by atoms with Gasteiger partial charge < -0.3 is 5.32 Å². The van der Waals surface area contributed by atoms with E-state index in [4.69, 9.17) is 0 Å². The summed E-state index contributed by atoms with van der Waals surface area (Å²) in [5, 5.41) is 3.25. The molecule has 0 aliphatic heterocycles. The van der Waals surface area contributed by atoms with Gasteiger partial charge in [-0.05, 0) is 18.3 Å². The van der Waals surface area contributed by atoms with Crippen molar-refractivity contribution >= 4 is 5.91 Å². The molecule has 0 bridgehead atoms. The Balaban J connectivity index is 2.00. The summed E-state index contributed by atoms with van der Waals surface area (Å²) in [7, 11) is 0. The molecule has 86 valence electrons. The zero-order chi connectivity index (χ0) is 11.7. The number of carbonyl (C=O) groups is 1. The molecule has 15 heavy (non-hydrogen) atoms. The molecule has 0 aromatic carbocycles. The topological polar surface area (TPSA) is 29.1 Å². The first-order valence-electron chi connectivity index (χ1n) is 5.87. The largest absolute Gasteiger partial charge is 0.350 e. The fraction of sp³-hybridized carbons (Fsp3) is 0.923. The highest BCUT2D eigenvalue weighted by atomic mass is 16.2. The number of carbonyl (C=O) groups excluding carboxylic acids is 1. The number of hydrogen-bond donors (Lipinski definition) is 1. The molecule has 0 aromatic heterocycles. The maximum Gasteiger partial charge on any atom is 0.225 e. The van der Waals surface area contributed by atoms with E-state index in [-0.39, 0.29) is 16.9 Å². The lowest BCUT2D eigenvalue weighted by molar-refractivity contribution is -0.129. The number of fused-ring (bicyclic) bond motifs is 1. The van der Waals surface area contributed by atoms with Crippen molar-refractivity contribution < 1.29 is 4.79 Å². The van der Waals surface area contributed by atoms with E-state index in [0.717, 1.165) is 0 Å². The van der Waals surface area contributed by atoms with E-state index in [0.29, 0.717) is 10.8 Å². The molecule has 2 fully saturated rings. The van der Waals surface area contributed by atoms with E-state index in [9.17, 15) is 4.79 Å². The first-order chi connectivity index (χ1) is 6.54. The van der Waals surface area contributed by atoms with Gasteiger partial charge in [0.2, 0.25) is 5.91 Å². The second-order valence-electron chi connectivity index (χ2n) is 7.47. The second-order valence-corrected chi connectivity index (χ2v) is 7.47. The average molecular weight is 209 g/mol. The molecule has 0 spiro atoms. The minimum absolute atomic E-state index is 0.176. The smallest absolute Gasteiger partial charge is 0.225 e. The van der Waals surface area contributed by atoms with Crippen molar-refractivity contribution in [2.24, 2.45) is 16.2 Å². The molecule has 2 heteroatoms. The first-order valence-corrected chi connectivity index (χ1v) is 5.87. The highest BCUT2D eigenvalue weighted by molar-refractivity contribution is 5.83. The van der Waals surface area contributed by atoms with Gasteiger partial charge in [-0.1, -0.05) is 41.5 Å². The highest BCUT2D eigenvalue weighted by Gasteiger charge is 2.87. The SMILES string of the molecule is CC(C)(C)C(=O)NC12CC1(C(C)(C)C)C2. The summed E-state index contributed by atoms with van der Waals surface area (Å²) >= 11 is 0. The van der Waals surface area contributed by atoms with Crippen molar-refractivity contribution in [1.29, 1.82) is 0 Å². The van der Waals surface area contributed by atoms with Crippen molar-refractivity contribution in [2.45, 2.75) is 59.9 Å². The average Bonchev–Trinajstić information content (AvgIpc) is 2.68. The summed E-state index contributed by atoms with van der Waals surface area (Å²) in [5.41, 5.74) is 0.665. The molecule has 0 aromatic rings. The third kappa shape index (κ3) is 1.33. The standard InChI is InChI=1S/C13H23NO/c1-10(2,3)9(15)14-13-7-12(13,8-13)11(4,5)6/h7-8H2,1-6H3,(H,14,15). The quantitative estimate of drug-likeness (QED) is 0.707. The fourth-order valence-corrected chi connectivity index (χ4v) is 2.75. The van der Waals surface area contributed by atoms with Crippen molar-refractivity contribution in [3.05, 3.63) is 0 Å². The predicted molar refractivity (Wildman–Crippen MR) is 61.5 cm³/mol. The molecule has 2 saturated carbocycles. The molecular formula is C13H23NO. The Bertz CT molecular complexity index is 310. The van der Waals surface area contributed by atoms with Crippen molar-refractivity contribution in [3.8, 4) is 0 Å². The molecule has 2 aliphatic carbocycles. The van der Waals surface area contributed by atoms with Gasteiger partial charge >= 0.3 is 0 Å². The lowest BCUT2D eigenvalue weighted by atomic mass is 9.84. The van der Waals surface area contributed by atoms with E-state index in [1.54, 1.807) is 0 Å². The number of hydrogen-bond acceptors (Lipinski definition) is 1. The summed E-state index contributed by atoms with van der Waals surface area (Å²) in [5.74, 6) is 0.200. The molecule has 0 saturated heterocycles. The van der Waals surface area contributed by atoms with E-state index >= 15 is 0 Å². The van der Waals surface area contributed by atoms with Crippen LogP contribution in [0.4, 0.5) is 0 Å². The third-order valence-corrected chi connectivity index (χ3v) is 4.34. The number of amides is 1. The third-order valence-electron chi connectivity index (χ3n) is 4.34. The van der Waals surface area contributed by atoms with Gasteiger partial charge in [-0.25, -0.2) is 0 Å². The zero-order valence-corrected chi connectivity index (χ0v) is 10.8. The Labute approximate surface area is 92.8 Å².